The van der Waals surface area contributed by atoms with Crippen molar-refractivity contribution in [2.75, 3.05) is 18.2 Å². The van der Waals surface area contributed by atoms with E-state index in [4.69, 9.17) is 0 Å². The first-order chi connectivity index (χ1) is 10.7. The van der Waals surface area contributed by atoms with Crippen LogP contribution in [0.4, 0.5) is 0 Å². The molecule has 1 heterocycles. The van der Waals surface area contributed by atoms with Gasteiger partial charge in [0.05, 0.1) is 5.88 Å². The van der Waals surface area contributed by atoms with E-state index in [1.807, 2.05) is 18.2 Å². The fraction of sp³-hybridized carbons (Fsp3) is 0.529. The van der Waals surface area contributed by atoms with E-state index < -0.39 is 0 Å². The molecule has 1 fully saturated rings. The molecule has 0 saturated carbocycles. The fourth-order valence-corrected chi connectivity index (χ4v) is 3.65. The molecule has 22 heavy (non-hydrogen) atoms. The van der Waals surface area contributed by atoms with Crippen molar-refractivity contribution >= 4 is 23.6 Å². The molecule has 120 valence electrons. The number of benzene rings is 1. The largest absolute Gasteiger partial charge is 0.354 e. The van der Waals surface area contributed by atoms with Gasteiger partial charge < -0.3 is 10.2 Å². The van der Waals surface area contributed by atoms with Crippen molar-refractivity contribution in [2.45, 2.75) is 38.6 Å². The molecule has 1 N–H and O–H groups in total. The Hall–Kier alpha value is -1.49. The van der Waals surface area contributed by atoms with E-state index in [1.165, 1.54) is 5.56 Å². The number of hydrogen-bond acceptors (Lipinski definition) is 3. The average molecular weight is 320 g/mol. The third-order valence-corrected chi connectivity index (χ3v) is 4.82. The summed E-state index contributed by atoms with van der Waals surface area (Å²) in [5, 5.41) is 2.97. The van der Waals surface area contributed by atoms with E-state index in [9.17, 15) is 9.59 Å². The first-order valence-electron chi connectivity index (χ1n) is 7.91. The summed E-state index contributed by atoms with van der Waals surface area (Å²) >= 11 is 1.65. The predicted octanol–water partition coefficient (Wildman–Crippen LogP) is 2.44. The second-order valence-electron chi connectivity index (χ2n) is 5.51. The second-order valence-corrected chi connectivity index (χ2v) is 6.51. The molecular weight excluding hydrogens is 296 g/mol. The van der Waals surface area contributed by atoms with Crippen LogP contribution in [0.1, 0.15) is 31.7 Å². The van der Waals surface area contributed by atoms with Crippen LogP contribution >= 0.6 is 11.8 Å². The second kappa shape index (κ2) is 8.83. The summed E-state index contributed by atoms with van der Waals surface area (Å²) in [6.07, 6.45) is 3.25. The summed E-state index contributed by atoms with van der Waals surface area (Å²) in [5.74, 6) is 1.43. The van der Waals surface area contributed by atoms with Gasteiger partial charge in [0, 0.05) is 18.7 Å². The summed E-state index contributed by atoms with van der Waals surface area (Å²) in [5.41, 5.74) is 1.21. The van der Waals surface area contributed by atoms with Gasteiger partial charge in [-0.25, -0.2) is 0 Å². The summed E-state index contributed by atoms with van der Waals surface area (Å²) in [7, 11) is 0. The van der Waals surface area contributed by atoms with E-state index in [1.54, 1.807) is 16.7 Å². The SMILES string of the molecule is CCCCC(=O)N1CSCC1C(=O)NCCc1ccccc1. The van der Waals surface area contributed by atoms with Crippen LogP contribution in [0.25, 0.3) is 0 Å². The molecule has 1 aromatic rings. The molecule has 1 aliphatic rings. The molecule has 0 aromatic heterocycles. The van der Waals surface area contributed by atoms with E-state index in [0.29, 0.717) is 24.6 Å². The zero-order chi connectivity index (χ0) is 15.8. The van der Waals surface area contributed by atoms with Crippen molar-refractivity contribution in [3.63, 3.8) is 0 Å². The predicted molar refractivity (Wildman–Crippen MR) is 90.6 cm³/mol. The third kappa shape index (κ3) is 4.77. The number of amides is 2. The average Bonchev–Trinajstić information content (AvgIpc) is 3.03. The highest BCUT2D eigenvalue weighted by molar-refractivity contribution is 7.99. The minimum absolute atomic E-state index is 0.0224. The minimum atomic E-state index is -0.301. The van der Waals surface area contributed by atoms with Crippen LogP contribution in [-0.4, -0.2) is 40.9 Å². The Morgan fingerprint density at radius 1 is 1.32 bits per heavy atom. The van der Waals surface area contributed by atoms with E-state index in [-0.39, 0.29) is 17.9 Å². The van der Waals surface area contributed by atoms with Crippen molar-refractivity contribution < 1.29 is 9.59 Å². The molecule has 1 unspecified atom stereocenters. The van der Waals surface area contributed by atoms with Crippen LogP contribution in [0.3, 0.4) is 0 Å². The van der Waals surface area contributed by atoms with Crippen molar-refractivity contribution in [3.8, 4) is 0 Å². The lowest BCUT2D eigenvalue weighted by Gasteiger charge is -2.23. The molecule has 1 aromatic carbocycles. The molecule has 2 amide bonds. The third-order valence-electron chi connectivity index (χ3n) is 3.81. The Morgan fingerprint density at radius 2 is 2.09 bits per heavy atom. The molecule has 1 atom stereocenters. The normalized spacial score (nSPS) is 17.5. The summed E-state index contributed by atoms with van der Waals surface area (Å²) < 4.78 is 0. The van der Waals surface area contributed by atoms with Gasteiger partial charge >= 0.3 is 0 Å². The fourth-order valence-electron chi connectivity index (χ4n) is 2.47. The maximum Gasteiger partial charge on any atom is 0.243 e. The van der Waals surface area contributed by atoms with Crippen LogP contribution in [-0.2, 0) is 16.0 Å². The van der Waals surface area contributed by atoms with E-state index in [0.717, 1.165) is 19.3 Å². The van der Waals surface area contributed by atoms with Crippen molar-refractivity contribution in [2.24, 2.45) is 0 Å². The highest BCUT2D eigenvalue weighted by Gasteiger charge is 2.33. The minimum Gasteiger partial charge on any atom is -0.354 e. The smallest absolute Gasteiger partial charge is 0.243 e. The van der Waals surface area contributed by atoms with Crippen LogP contribution in [0.5, 0.6) is 0 Å². The molecular formula is C17H24N2O2S. The van der Waals surface area contributed by atoms with Gasteiger partial charge in [0.2, 0.25) is 11.8 Å². The molecule has 0 radical (unpaired) electrons. The first-order valence-corrected chi connectivity index (χ1v) is 9.06. The molecule has 1 aliphatic heterocycles. The number of carbonyl (C=O) groups is 2. The Balaban J connectivity index is 1.79. The number of rotatable bonds is 7. The zero-order valence-corrected chi connectivity index (χ0v) is 13.9. The molecule has 1 saturated heterocycles. The Labute approximate surface area is 136 Å². The molecule has 4 nitrogen and oxygen atoms in total. The van der Waals surface area contributed by atoms with Crippen LogP contribution in [0, 0.1) is 0 Å². The maximum absolute atomic E-state index is 12.3. The van der Waals surface area contributed by atoms with Crippen LogP contribution < -0.4 is 5.32 Å². The van der Waals surface area contributed by atoms with Gasteiger partial charge in [-0.2, -0.15) is 0 Å². The Kier molecular flexibility index (Phi) is 6.77. The topological polar surface area (TPSA) is 49.4 Å². The van der Waals surface area contributed by atoms with Gasteiger partial charge in [0.25, 0.3) is 0 Å². The number of thioether (sulfide) groups is 1. The monoisotopic (exact) mass is 320 g/mol. The van der Waals surface area contributed by atoms with Gasteiger partial charge in [0.1, 0.15) is 6.04 Å². The van der Waals surface area contributed by atoms with Crippen LogP contribution in [0.2, 0.25) is 0 Å². The maximum atomic E-state index is 12.3. The van der Waals surface area contributed by atoms with E-state index in [2.05, 4.69) is 24.4 Å². The lowest BCUT2D eigenvalue weighted by atomic mass is 10.1. The summed E-state index contributed by atoms with van der Waals surface area (Å²) in [6.45, 7) is 2.68. The number of nitrogens with zero attached hydrogens (tertiary/aromatic N) is 1. The standard InChI is InChI=1S/C17H24N2O2S/c1-2-3-9-16(20)19-13-22-12-15(19)17(21)18-11-10-14-7-5-4-6-8-14/h4-8,15H,2-3,9-13H2,1H3,(H,18,21). The number of nitrogens with one attached hydrogen (secondary N) is 1. The highest BCUT2D eigenvalue weighted by atomic mass is 32.2. The number of carbonyl (C=O) groups excluding carboxylic acids is 2. The molecule has 0 bridgehead atoms. The van der Waals surface area contributed by atoms with Gasteiger partial charge in [-0.15, -0.1) is 11.8 Å². The first kappa shape index (κ1) is 16.9. The summed E-state index contributed by atoms with van der Waals surface area (Å²) in [6, 6.07) is 9.79. The summed E-state index contributed by atoms with van der Waals surface area (Å²) in [4.78, 5) is 26.2. The number of unbranched alkanes of at least 4 members (excludes halogenated alkanes) is 1. The van der Waals surface area contributed by atoms with Gasteiger partial charge in [-0.3, -0.25) is 9.59 Å². The van der Waals surface area contributed by atoms with Crippen molar-refractivity contribution in [3.05, 3.63) is 35.9 Å². The highest BCUT2D eigenvalue weighted by Crippen LogP contribution is 2.22. The van der Waals surface area contributed by atoms with Crippen LogP contribution in [0.15, 0.2) is 30.3 Å². The zero-order valence-electron chi connectivity index (χ0n) is 13.1. The molecule has 5 heteroatoms. The lowest BCUT2D eigenvalue weighted by molar-refractivity contribution is -0.138. The molecule has 0 spiro atoms. The van der Waals surface area contributed by atoms with Gasteiger partial charge in [-0.05, 0) is 18.4 Å². The lowest BCUT2D eigenvalue weighted by Crippen LogP contribution is -2.47. The van der Waals surface area contributed by atoms with Crippen molar-refractivity contribution in [1.29, 1.82) is 0 Å². The quantitative estimate of drug-likeness (QED) is 0.839. The van der Waals surface area contributed by atoms with Gasteiger partial charge in [0.15, 0.2) is 0 Å². The molecule has 0 aliphatic carbocycles. The van der Waals surface area contributed by atoms with Gasteiger partial charge in [-0.1, -0.05) is 43.7 Å². The Morgan fingerprint density at radius 3 is 2.82 bits per heavy atom. The van der Waals surface area contributed by atoms with E-state index >= 15 is 0 Å². The molecule has 2 rings (SSSR count). The van der Waals surface area contributed by atoms with Crippen molar-refractivity contribution in [1.82, 2.24) is 10.2 Å². The Bertz CT molecular complexity index is 493. The number of hydrogen-bond donors (Lipinski definition) is 1.